The molecule has 4 unspecified atom stereocenters. The summed E-state index contributed by atoms with van der Waals surface area (Å²) in [6.45, 7) is 8.31. The smallest absolute Gasteiger partial charge is 0.303 e. The van der Waals surface area contributed by atoms with Gasteiger partial charge in [-0.2, -0.15) is 0 Å². The number of ketones is 3. The van der Waals surface area contributed by atoms with Crippen LogP contribution in [0.5, 0.6) is 0 Å². The lowest BCUT2D eigenvalue weighted by atomic mass is 9.53. The van der Waals surface area contributed by atoms with Crippen LogP contribution in [-0.2, 0) is 23.9 Å². The summed E-state index contributed by atoms with van der Waals surface area (Å²) in [7, 11) is 0. The Labute approximate surface area is 163 Å². The van der Waals surface area contributed by atoms with Crippen molar-refractivity contribution in [1.29, 1.82) is 0 Å². The van der Waals surface area contributed by atoms with Gasteiger partial charge in [0.25, 0.3) is 0 Å². The van der Waals surface area contributed by atoms with Gasteiger partial charge < -0.3 is 9.84 Å². The first-order valence-corrected chi connectivity index (χ1v) is 9.57. The SMILES string of the molecule is CC(=O)OC1C(=O)C2(C)C3=C(C(=O)C(O)=C2C(=O)C12CC2C)C(C)(C)CC=C3. The van der Waals surface area contributed by atoms with Crippen molar-refractivity contribution in [1.82, 2.24) is 0 Å². The molecule has 6 nitrogen and oxygen atoms in total. The molecule has 28 heavy (non-hydrogen) atoms. The normalized spacial score (nSPS) is 38.5. The first kappa shape index (κ1) is 18.8. The lowest BCUT2D eigenvalue weighted by molar-refractivity contribution is -0.166. The third-order valence-electron chi connectivity index (χ3n) is 7.07. The van der Waals surface area contributed by atoms with Crippen LogP contribution >= 0.6 is 0 Å². The Morgan fingerprint density at radius 1 is 1.18 bits per heavy atom. The Bertz CT molecular complexity index is 962. The molecule has 2 saturated carbocycles. The zero-order chi connectivity index (χ0) is 20.8. The first-order chi connectivity index (χ1) is 12.9. The summed E-state index contributed by atoms with van der Waals surface area (Å²) in [5.74, 6) is -2.94. The van der Waals surface area contributed by atoms with E-state index in [1.807, 2.05) is 19.9 Å². The molecule has 4 rings (SSSR count). The van der Waals surface area contributed by atoms with Gasteiger partial charge in [-0.25, -0.2) is 0 Å². The molecule has 1 N–H and O–H groups in total. The van der Waals surface area contributed by atoms with Crippen LogP contribution in [0.3, 0.4) is 0 Å². The highest BCUT2D eigenvalue weighted by Gasteiger charge is 2.74. The topological polar surface area (TPSA) is 97.7 Å². The highest BCUT2D eigenvalue weighted by molar-refractivity contribution is 6.25. The minimum Gasteiger partial charge on any atom is -0.504 e. The number of fused-ring (bicyclic) bond motifs is 2. The van der Waals surface area contributed by atoms with Crippen LogP contribution in [0.4, 0.5) is 0 Å². The number of aliphatic hydroxyl groups excluding tert-OH is 1. The number of aliphatic hydroxyl groups is 1. The van der Waals surface area contributed by atoms with Gasteiger partial charge >= 0.3 is 5.97 Å². The minimum absolute atomic E-state index is 0.142. The quantitative estimate of drug-likeness (QED) is 0.698. The Kier molecular flexibility index (Phi) is 3.57. The predicted octanol–water partition coefficient (Wildman–Crippen LogP) is 2.78. The zero-order valence-electron chi connectivity index (χ0n) is 16.7. The van der Waals surface area contributed by atoms with E-state index in [-0.39, 0.29) is 11.5 Å². The van der Waals surface area contributed by atoms with Crippen LogP contribution in [0.2, 0.25) is 0 Å². The lowest BCUT2D eigenvalue weighted by Gasteiger charge is -2.48. The fourth-order valence-corrected chi connectivity index (χ4v) is 5.36. The fourth-order valence-electron chi connectivity index (χ4n) is 5.36. The largest absolute Gasteiger partial charge is 0.504 e. The summed E-state index contributed by atoms with van der Waals surface area (Å²) in [6, 6.07) is 0. The average Bonchev–Trinajstić information content (AvgIpc) is 3.26. The predicted molar refractivity (Wildman–Crippen MR) is 99.1 cm³/mol. The third-order valence-corrected chi connectivity index (χ3v) is 7.07. The maximum atomic E-state index is 13.7. The van der Waals surface area contributed by atoms with Crippen LogP contribution in [-0.4, -0.2) is 34.5 Å². The van der Waals surface area contributed by atoms with Crippen LogP contribution < -0.4 is 0 Å². The molecule has 0 aromatic carbocycles. The van der Waals surface area contributed by atoms with Crippen molar-refractivity contribution < 1.29 is 29.0 Å². The summed E-state index contributed by atoms with van der Waals surface area (Å²) in [5, 5.41) is 10.8. The standard InChI is InChI=1S/C22H24O6/c1-10-9-22(10)17(26)14-16(25)15(24)13-12(7-6-8-20(13,3)4)21(14,5)18(27)19(22)28-11(2)23/h6-7,10,19,25H,8-9H2,1-5H3. The van der Waals surface area contributed by atoms with Gasteiger partial charge in [0.15, 0.2) is 23.4 Å². The fraction of sp³-hybridized carbons (Fsp3) is 0.545. The number of Topliss-reactive ketones (excluding diaryl/α,β-unsaturated/α-hetero) is 3. The molecule has 1 spiro atoms. The zero-order valence-corrected chi connectivity index (χ0v) is 16.7. The maximum absolute atomic E-state index is 13.7. The van der Waals surface area contributed by atoms with Crippen molar-refractivity contribution in [3.8, 4) is 0 Å². The van der Waals surface area contributed by atoms with Crippen LogP contribution in [0.15, 0.2) is 34.6 Å². The number of allylic oxidation sites excluding steroid dienone is 5. The Hall–Kier alpha value is -2.50. The molecule has 4 aliphatic rings. The summed E-state index contributed by atoms with van der Waals surface area (Å²) < 4.78 is 5.38. The minimum atomic E-state index is -1.52. The van der Waals surface area contributed by atoms with Crippen LogP contribution in [0, 0.1) is 22.2 Å². The van der Waals surface area contributed by atoms with E-state index in [1.54, 1.807) is 19.9 Å². The average molecular weight is 384 g/mol. The molecule has 148 valence electrons. The van der Waals surface area contributed by atoms with E-state index in [2.05, 4.69) is 0 Å². The number of ether oxygens (including phenoxy) is 1. The second-order valence-electron chi connectivity index (χ2n) is 9.29. The summed E-state index contributed by atoms with van der Waals surface area (Å²) in [5.41, 5.74) is -2.66. The molecular weight excluding hydrogens is 360 g/mol. The van der Waals surface area contributed by atoms with E-state index in [0.717, 1.165) is 0 Å². The van der Waals surface area contributed by atoms with E-state index >= 15 is 0 Å². The molecule has 0 bridgehead atoms. The van der Waals surface area contributed by atoms with Gasteiger partial charge in [-0.1, -0.05) is 32.9 Å². The number of hydrogen-bond acceptors (Lipinski definition) is 6. The molecule has 4 aliphatic carbocycles. The molecule has 4 atom stereocenters. The number of esters is 1. The van der Waals surface area contributed by atoms with Crippen molar-refractivity contribution >= 4 is 23.3 Å². The Morgan fingerprint density at radius 3 is 2.32 bits per heavy atom. The highest BCUT2D eigenvalue weighted by atomic mass is 16.5. The number of hydrogen-bond donors (Lipinski definition) is 1. The monoisotopic (exact) mass is 384 g/mol. The Balaban J connectivity index is 2.01. The van der Waals surface area contributed by atoms with Gasteiger partial charge in [0.05, 0.1) is 16.4 Å². The van der Waals surface area contributed by atoms with Gasteiger partial charge in [0.1, 0.15) is 0 Å². The van der Waals surface area contributed by atoms with Gasteiger partial charge in [0, 0.05) is 12.5 Å². The second kappa shape index (κ2) is 5.31. The number of carbonyl (C=O) groups is 4. The van der Waals surface area contributed by atoms with Crippen molar-refractivity contribution in [3.05, 3.63) is 34.6 Å². The van der Waals surface area contributed by atoms with Crippen LogP contribution in [0.1, 0.15) is 47.5 Å². The molecule has 0 aromatic heterocycles. The van der Waals surface area contributed by atoms with Crippen molar-refractivity contribution in [2.75, 3.05) is 0 Å². The molecule has 0 radical (unpaired) electrons. The summed E-state index contributed by atoms with van der Waals surface area (Å²) in [6.07, 6.45) is 3.32. The molecule has 0 aromatic rings. The molecule has 0 heterocycles. The van der Waals surface area contributed by atoms with Crippen molar-refractivity contribution in [2.24, 2.45) is 22.2 Å². The van der Waals surface area contributed by atoms with E-state index < -0.39 is 51.4 Å². The first-order valence-electron chi connectivity index (χ1n) is 9.57. The second-order valence-corrected chi connectivity index (χ2v) is 9.29. The molecule has 6 heteroatoms. The van der Waals surface area contributed by atoms with E-state index in [1.165, 1.54) is 6.92 Å². The summed E-state index contributed by atoms with van der Waals surface area (Å²) in [4.78, 5) is 52.0. The molecule has 0 saturated heterocycles. The molecular formula is C22H24O6. The van der Waals surface area contributed by atoms with Gasteiger partial charge in [-0.15, -0.1) is 0 Å². The molecule has 0 amide bonds. The third kappa shape index (κ3) is 1.98. The Morgan fingerprint density at radius 2 is 1.79 bits per heavy atom. The lowest BCUT2D eigenvalue weighted by Crippen LogP contribution is -2.58. The maximum Gasteiger partial charge on any atom is 0.303 e. The van der Waals surface area contributed by atoms with E-state index in [0.29, 0.717) is 24.0 Å². The number of carbonyl (C=O) groups excluding carboxylic acids is 4. The van der Waals surface area contributed by atoms with Gasteiger partial charge in [-0.05, 0) is 36.7 Å². The highest BCUT2D eigenvalue weighted by Crippen LogP contribution is 2.66. The van der Waals surface area contributed by atoms with Gasteiger partial charge in [0.2, 0.25) is 5.78 Å². The van der Waals surface area contributed by atoms with Crippen molar-refractivity contribution in [2.45, 2.75) is 53.6 Å². The molecule has 0 aliphatic heterocycles. The summed E-state index contributed by atoms with van der Waals surface area (Å²) >= 11 is 0. The molecule has 2 fully saturated rings. The van der Waals surface area contributed by atoms with Crippen LogP contribution in [0.25, 0.3) is 0 Å². The van der Waals surface area contributed by atoms with Gasteiger partial charge in [-0.3, -0.25) is 19.2 Å². The van der Waals surface area contributed by atoms with E-state index in [4.69, 9.17) is 4.74 Å². The number of rotatable bonds is 1. The van der Waals surface area contributed by atoms with E-state index in [9.17, 15) is 24.3 Å². The van der Waals surface area contributed by atoms with Crippen molar-refractivity contribution in [3.63, 3.8) is 0 Å².